The van der Waals surface area contributed by atoms with E-state index in [0.29, 0.717) is 12.5 Å². The third kappa shape index (κ3) is 3.83. The molecule has 108 valence electrons. The molecule has 0 radical (unpaired) electrons. The smallest absolute Gasteiger partial charge is 0.226 e. The van der Waals surface area contributed by atoms with Crippen LogP contribution < -0.4 is 5.32 Å². The van der Waals surface area contributed by atoms with Crippen LogP contribution in [0.2, 0.25) is 0 Å². The summed E-state index contributed by atoms with van der Waals surface area (Å²) < 4.78 is 0. The monoisotopic (exact) mass is 272 g/mol. The Morgan fingerprint density at radius 3 is 2.45 bits per heavy atom. The van der Waals surface area contributed by atoms with Crippen molar-refractivity contribution in [1.29, 1.82) is 0 Å². The van der Waals surface area contributed by atoms with E-state index < -0.39 is 0 Å². The summed E-state index contributed by atoms with van der Waals surface area (Å²) in [6, 6.07) is 10.7. The Bertz CT molecular complexity index is 434. The lowest BCUT2D eigenvalue weighted by atomic mass is 10.0. The molecule has 3 nitrogen and oxygen atoms in total. The Kier molecular flexibility index (Phi) is 4.36. The number of nitrogens with zero attached hydrogens (tertiary/aromatic N) is 1. The van der Waals surface area contributed by atoms with Crippen molar-refractivity contribution >= 4 is 5.91 Å². The second-order valence-corrected chi connectivity index (χ2v) is 6.17. The van der Waals surface area contributed by atoms with Gasteiger partial charge in [-0.25, -0.2) is 0 Å². The number of hydrogen-bond acceptors (Lipinski definition) is 2. The summed E-state index contributed by atoms with van der Waals surface area (Å²) in [7, 11) is 0. The molecule has 1 amide bonds. The molecular formula is C17H24N2O. The number of nitrogens with one attached hydrogen (secondary N) is 1. The van der Waals surface area contributed by atoms with Crippen molar-refractivity contribution in [3.8, 4) is 0 Å². The Morgan fingerprint density at radius 1 is 1.10 bits per heavy atom. The summed E-state index contributed by atoms with van der Waals surface area (Å²) in [5.74, 6) is 1.21. The van der Waals surface area contributed by atoms with E-state index in [4.69, 9.17) is 0 Å². The maximum absolute atomic E-state index is 12.3. The third-order valence-electron chi connectivity index (χ3n) is 4.44. The van der Waals surface area contributed by atoms with E-state index in [2.05, 4.69) is 5.32 Å². The van der Waals surface area contributed by atoms with E-state index in [1.54, 1.807) is 0 Å². The Balaban J connectivity index is 1.41. The fraction of sp³-hybridized carbons (Fsp3) is 0.588. The number of carbonyl (C=O) groups excluding carboxylic acids is 1. The molecule has 1 aliphatic carbocycles. The van der Waals surface area contributed by atoms with Gasteiger partial charge < -0.3 is 10.2 Å². The highest BCUT2D eigenvalue weighted by atomic mass is 16.2. The summed E-state index contributed by atoms with van der Waals surface area (Å²) in [6.07, 6.45) is 5.56. The minimum Gasteiger partial charge on any atom is -0.342 e. The lowest BCUT2D eigenvalue weighted by Gasteiger charge is -2.32. The Morgan fingerprint density at radius 2 is 1.80 bits per heavy atom. The SMILES string of the molecule is O=C(Cc1ccccc1)N1CCC(NCC2CC2)CC1. The van der Waals surface area contributed by atoms with Crippen molar-refractivity contribution in [2.75, 3.05) is 19.6 Å². The maximum Gasteiger partial charge on any atom is 0.226 e. The van der Waals surface area contributed by atoms with E-state index in [1.165, 1.54) is 19.4 Å². The molecule has 2 aliphatic rings. The van der Waals surface area contributed by atoms with Crippen LogP contribution in [0.5, 0.6) is 0 Å². The van der Waals surface area contributed by atoms with E-state index in [1.807, 2.05) is 35.2 Å². The highest BCUT2D eigenvalue weighted by Gasteiger charge is 2.25. The van der Waals surface area contributed by atoms with E-state index in [-0.39, 0.29) is 5.91 Å². The predicted octanol–water partition coefficient (Wildman–Crippen LogP) is 2.22. The number of rotatable bonds is 5. The minimum atomic E-state index is 0.275. The van der Waals surface area contributed by atoms with Gasteiger partial charge >= 0.3 is 0 Å². The third-order valence-corrected chi connectivity index (χ3v) is 4.44. The Hall–Kier alpha value is -1.35. The molecule has 1 aliphatic heterocycles. The molecule has 0 bridgehead atoms. The molecule has 0 aromatic heterocycles. The van der Waals surface area contributed by atoms with Crippen LogP contribution in [0.25, 0.3) is 0 Å². The van der Waals surface area contributed by atoms with Gasteiger partial charge in [0.2, 0.25) is 5.91 Å². The molecule has 3 rings (SSSR count). The van der Waals surface area contributed by atoms with Crippen molar-refractivity contribution < 1.29 is 4.79 Å². The topological polar surface area (TPSA) is 32.3 Å². The van der Waals surface area contributed by atoms with Crippen molar-refractivity contribution in [3.63, 3.8) is 0 Å². The molecule has 1 aromatic carbocycles. The van der Waals surface area contributed by atoms with Gasteiger partial charge in [-0.2, -0.15) is 0 Å². The highest BCUT2D eigenvalue weighted by molar-refractivity contribution is 5.78. The quantitative estimate of drug-likeness (QED) is 0.891. The van der Waals surface area contributed by atoms with E-state index in [0.717, 1.165) is 37.4 Å². The molecule has 0 atom stereocenters. The number of piperidine rings is 1. The highest BCUT2D eigenvalue weighted by Crippen LogP contribution is 2.28. The average Bonchev–Trinajstić information content (AvgIpc) is 3.31. The molecule has 1 saturated heterocycles. The zero-order chi connectivity index (χ0) is 13.8. The van der Waals surface area contributed by atoms with Crippen LogP contribution in [0.15, 0.2) is 30.3 Å². The van der Waals surface area contributed by atoms with Crippen LogP contribution in [0.1, 0.15) is 31.2 Å². The number of carbonyl (C=O) groups is 1. The van der Waals surface area contributed by atoms with Crippen LogP contribution in [0.3, 0.4) is 0 Å². The summed E-state index contributed by atoms with van der Waals surface area (Å²) in [5, 5.41) is 3.65. The lowest BCUT2D eigenvalue weighted by molar-refractivity contribution is -0.131. The summed E-state index contributed by atoms with van der Waals surface area (Å²) in [4.78, 5) is 14.3. The van der Waals surface area contributed by atoms with Crippen LogP contribution in [-0.4, -0.2) is 36.5 Å². The molecule has 1 aromatic rings. The van der Waals surface area contributed by atoms with Gasteiger partial charge in [0.05, 0.1) is 6.42 Å². The molecule has 1 saturated carbocycles. The second kappa shape index (κ2) is 6.40. The fourth-order valence-corrected chi connectivity index (χ4v) is 2.87. The van der Waals surface area contributed by atoms with Gasteiger partial charge in [0.1, 0.15) is 0 Å². The largest absolute Gasteiger partial charge is 0.342 e. The minimum absolute atomic E-state index is 0.275. The van der Waals surface area contributed by atoms with Gasteiger partial charge in [0, 0.05) is 19.1 Å². The molecule has 3 heteroatoms. The molecule has 0 unspecified atom stereocenters. The van der Waals surface area contributed by atoms with Crippen LogP contribution in [0, 0.1) is 5.92 Å². The van der Waals surface area contributed by atoms with Crippen molar-refractivity contribution in [3.05, 3.63) is 35.9 Å². The molecule has 20 heavy (non-hydrogen) atoms. The van der Waals surface area contributed by atoms with Crippen molar-refractivity contribution in [2.24, 2.45) is 5.92 Å². The molecule has 0 spiro atoms. The first-order valence-corrected chi connectivity index (χ1v) is 7.86. The van der Waals surface area contributed by atoms with Crippen molar-refractivity contribution in [2.45, 2.75) is 38.1 Å². The van der Waals surface area contributed by atoms with Gasteiger partial charge in [-0.3, -0.25) is 4.79 Å². The zero-order valence-electron chi connectivity index (χ0n) is 12.1. The standard InChI is InChI=1S/C17H24N2O/c20-17(12-14-4-2-1-3-5-14)19-10-8-16(9-11-19)18-13-15-6-7-15/h1-5,15-16,18H,6-13H2. The zero-order valence-corrected chi connectivity index (χ0v) is 12.1. The first-order valence-electron chi connectivity index (χ1n) is 7.86. The van der Waals surface area contributed by atoms with Crippen molar-refractivity contribution in [1.82, 2.24) is 10.2 Å². The van der Waals surface area contributed by atoms with Crippen LogP contribution in [0.4, 0.5) is 0 Å². The first-order chi connectivity index (χ1) is 9.81. The van der Waals surface area contributed by atoms with Gasteiger partial charge in [-0.1, -0.05) is 30.3 Å². The second-order valence-electron chi connectivity index (χ2n) is 6.17. The Labute approximate surface area is 121 Å². The summed E-state index contributed by atoms with van der Waals surface area (Å²) >= 11 is 0. The maximum atomic E-state index is 12.3. The lowest BCUT2D eigenvalue weighted by Crippen LogP contribution is -2.45. The van der Waals surface area contributed by atoms with Gasteiger partial charge in [-0.15, -0.1) is 0 Å². The van der Waals surface area contributed by atoms with Gasteiger partial charge in [-0.05, 0) is 43.7 Å². The van der Waals surface area contributed by atoms with Crippen LogP contribution in [-0.2, 0) is 11.2 Å². The fourth-order valence-electron chi connectivity index (χ4n) is 2.87. The van der Waals surface area contributed by atoms with Crippen LogP contribution >= 0.6 is 0 Å². The van der Waals surface area contributed by atoms with Gasteiger partial charge in [0.15, 0.2) is 0 Å². The molecule has 1 N–H and O–H groups in total. The molecule has 2 fully saturated rings. The van der Waals surface area contributed by atoms with E-state index >= 15 is 0 Å². The molecule has 1 heterocycles. The van der Waals surface area contributed by atoms with Gasteiger partial charge in [0.25, 0.3) is 0 Å². The average molecular weight is 272 g/mol. The molecular weight excluding hydrogens is 248 g/mol. The van der Waals surface area contributed by atoms with E-state index in [9.17, 15) is 4.79 Å². The summed E-state index contributed by atoms with van der Waals surface area (Å²) in [5.41, 5.74) is 1.12. The number of hydrogen-bond donors (Lipinski definition) is 1. The number of benzene rings is 1. The summed E-state index contributed by atoms with van der Waals surface area (Å²) in [6.45, 7) is 3.00. The normalized spacial score (nSPS) is 20.1. The number of amides is 1. The first kappa shape index (κ1) is 13.6. The predicted molar refractivity (Wildman–Crippen MR) is 80.5 cm³/mol. The number of likely N-dealkylation sites (tertiary alicyclic amines) is 1.